The largest absolute Gasteiger partial charge is 0.494 e. The Labute approximate surface area is 121 Å². The van der Waals surface area contributed by atoms with Gasteiger partial charge in [-0.05, 0) is 37.6 Å². The monoisotopic (exact) mass is 279 g/mol. The lowest BCUT2D eigenvalue weighted by atomic mass is 10.2. The molecule has 0 aliphatic rings. The fourth-order valence-electron chi connectivity index (χ4n) is 2.07. The van der Waals surface area contributed by atoms with Crippen molar-refractivity contribution in [3.8, 4) is 5.75 Å². The molecular formula is C16H25NO3. The number of anilines is 1. The summed E-state index contributed by atoms with van der Waals surface area (Å²) in [7, 11) is 0. The van der Waals surface area contributed by atoms with E-state index in [1.165, 1.54) is 6.42 Å². The van der Waals surface area contributed by atoms with E-state index in [9.17, 15) is 4.79 Å². The molecule has 0 aliphatic heterocycles. The molecule has 4 nitrogen and oxygen atoms in total. The zero-order chi connectivity index (χ0) is 14.8. The van der Waals surface area contributed by atoms with Crippen molar-refractivity contribution in [3.63, 3.8) is 0 Å². The Morgan fingerprint density at radius 3 is 2.40 bits per heavy atom. The Morgan fingerprint density at radius 1 is 1.15 bits per heavy atom. The van der Waals surface area contributed by atoms with Crippen molar-refractivity contribution >= 4 is 11.7 Å². The SMILES string of the molecule is CCCCCN(CCC(=O)O)c1ccc(OCC)cc1. The molecule has 0 aromatic heterocycles. The first kappa shape index (κ1) is 16.3. The van der Waals surface area contributed by atoms with Crippen molar-refractivity contribution in [3.05, 3.63) is 24.3 Å². The minimum absolute atomic E-state index is 0.166. The van der Waals surface area contributed by atoms with Crippen LogP contribution in [-0.4, -0.2) is 30.8 Å². The number of nitrogens with zero attached hydrogens (tertiary/aromatic N) is 1. The van der Waals surface area contributed by atoms with Crippen LogP contribution < -0.4 is 9.64 Å². The number of rotatable bonds is 10. The van der Waals surface area contributed by atoms with Crippen LogP contribution in [0.4, 0.5) is 5.69 Å². The molecule has 112 valence electrons. The smallest absolute Gasteiger partial charge is 0.305 e. The summed E-state index contributed by atoms with van der Waals surface area (Å²) in [6.45, 7) is 6.22. The van der Waals surface area contributed by atoms with Crippen LogP contribution in [0.3, 0.4) is 0 Å². The summed E-state index contributed by atoms with van der Waals surface area (Å²) in [6.07, 6.45) is 3.58. The van der Waals surface area contributed by atoms with E-state index in [2.05, 4.69) is 11.8 Å². The van der Waals surface area contributed by atoms with Gasteiger partial charge in [-0.1, -0.05) is 19.8 Å². The highest BCUT2D eigenvalue weighted by Crippen LogP contribution is 2.20. The summed E-state index contributed by atoms with van der Waals surface area (Å²) in [6, 6.07) is 7.87. The Hall–Kier alpha value is -1.71. The minimum Gasteiger partial charge on any atom is -0.494 e. The minimum atomic E-state index is -0.753. The summed E-state index contributed by atoms with van der Waals surface area (Å²) in [5, 5.41) is 8.85. The lowest BCUT2D eigenvalue weighted by molar-refractivity contribution is -0.136. The molecule has 0 aliphatic carbocycles. The number of carboxylic acid groups (broad SMARTS) is 1. The van der Waals surface area contributed by atoms with Crippen LogP contribution in [0, 0.1) is 0 Å². The highest BCUT2D eigenvalue weighted by molar-refractivity contribution is 5.67. The zero-order valence-corrected chi connectivity index (χ0v) is 12.5. The fraction of sp³-hybridized carbons (Fsp3) is 0.562. The van der Waals surface area contributed by atoms with Crippen molar-refractivity contribution < 1.29 is 14.6 Å². The molecule has 0 spiro atoms. The first-order valence-corrected chi connectivity index (χ1v) is 7.37. The normalized spacial score (nSPS) is 10.3. The van der Waals surface area contributed by atoms with Crippen molar-refractivity contribution in [1.82, 2.24) is 0 Å². The van der Waals surface area contributed by atoms with Gasteiger partial charge in [0.2, 0.25) is 0 Å². The molecule has 0 saturated heterocycles. The van der Waals surface area contributed by atoms with Crippen LogP contribution in [-0.2, 0) is 4.79 Å². The first-order valence-electron chi connectivity index (χ1n) is 7.37. The van der Waals surface area contributed by atoms with E-state index in [0.29, 0.717) is 13.2 Å². The van der Waals surface area contributed by atoms with Gasteiger partial charge >= 0.3 is 5.97 Å². The van der Waals surface area contributed by atoms with Crippen molar-refractivity contribution in [2.75, 3.05) is 24.6 Å². The van der Waals surface area contributed by atoms with Crippen molar-refractivity contribution in [2.45, 2.75) is 39.5 Å². The molecule has 0 saturated carbocycles. The van der Waals surface area contributed by atoms with E-state index in [0.717, 1.165) is 30.8 Å². The van der Waals surface area contributed by atoms with Crippen LogP contribution in [0.25, 0.3) is 0 Å². The lowest BCUT2D eigenvalue weighted by Gasteiger charge is -2.24. The molecule has 0 fully saturated rings. The van der Waals surface area contributed by atoms with E-state index in [4.69, 9.17) is 9.84 Å². The quantitative estimate of drug-likeness (QED) is 0.665. The summed E-state index contributed by atoms with van der Waals surface area (Å²) in [5.41, 5.74) is 1.06. The van der Waals surface area contributed by atoms with E-state index < -0.39 is 5.97 Å². The Kier molecular flexibility index (Phi) is 7.55. The maximum absolute atomic E-state index is 10.8. The third-order valence-electron chi connectivity index (χ3n) is 3.14. The van der Waals surface area contributed by atoms with E-state index in [1.807, 2.05) is 31.2 Å². The first-order chi connectivity index (χ1) is 9.67. The zero-order valence-electron chi connectivity index (χ0n) is 12.5. The second kappa shape index (κ2) is 9.23. The van der Waals surface area contributed by atoms with Crippen molar-refractivity contribution in [1.29, 1.82) is 0 Å². The summed E-state index contributed by atoms with van der Waals surface area (Å²) in [4.78, 5) is 12.9. The third kappa shape index (κ3) is 5.95. The number of benzene rings is 1. The Bertz CT molecular complexity index is 389. The van der Waals surface area contributed by atoms with Gasteiger partial charge in [0.05, 0.1) is 13.0 Å². The molecule has 0 unspecified atom stereocenters. The topological polar surface area (TPSA) is 49.8 Å². The molecule has 1 aromatic carbocycles. The number of hydrogen-bond acceptors (Lipinski definition) is 3. The molecule has 4 heteroatoms. The molecular weight excluding hydrogens is 254 g/mol. The van der Waals surface area contributed by atoms with Gasteiger partial charge in [-0.2, -0.15) is 0 Å². The molecule has 0 amide bonds. The fourth-order valence-corrected chi connectivity index (χ4v) is 2.07. The average Bonchev–Trinajstić information content (AvgIpc) is 2.44. The lowest BCUT2D eigenvalue weighted by Crippen LogP contribution is -2.27. The number of unbranched alkanes of at least 4 members (excludes halogenated alkanes) is 2. The van der Waals surface area contributed by atoms with Gasteiger partial charge in [0.1, 0.15) is 5.75 Å². The number of carbonyl (C=O) groups is 1. The third-order valence-corrected chi connectivity index (χ3v) is 3.14. The molecule has 0 radical (unpaired) electrons. The van der Waals surface area contributed by atoms with Gasteiger partial charge in [0.25, 0.3) is 0 Å². The number of hydrogen-bond donors (Lipinski definition) is 1. The predicted molar refractivity (Wildman–Crippen MR) is 81.6 cm³/mol. The van der Waals surface area contributed by atoms with Crippen LogP contribution in [0.2, 0.25) is 0 Å². The molecule has 0 bridgehead atoms. The maximum Gasteiger partial charge on any atom is 0.305 e. The number of aliphatic carboxylic acids is 1. The highest BCUT2D eigenvalue weighted by atomic mass is 16.5. The predicted octanol–water partition coefficient (Wildman–Crippen LogP) is 3.56. The van der Waals surface area contributed by atoms with E-state index in [-0.39, 0.29) is 6.42 Å². The van der Waals surface area contributed by atoms with Gasteiger partial charge in [-0.25, -0.2) is 0 Å². The molecule has 1 N–H and O–H groups in total. The van der Waals surface area contributed by atoms with Crippen LogP contribution >= 0.6 is 0 Å². The Balaban J connectivity index is 2.66. The number of carboxylic acids is 1. The molecule has 0 heterocycles. The Morgan fingerprint density at radius 2 is 1.85 bits per heavy atom. The molecule has 20 heavy (non-hydrogen) atoms. The standard InChI is InChI=1S/C16H25NO3/c1-3-5-6-12-17(13-11-16(18)19)14-7-9-15(10-8-14)20-4-2/h7-10H,3-6,11-13H2,1-2H3,(H,18,19). The van der Waals surface area contributed by atoms with Gasteiger partial charge in [-0.3, -0.25) is 4.79 Å². The van der Waals surface area contributed by atoms with Crippen LogP contribution in [0.1, 0.15) is 39.5 Å². The summed E-state index contributed by atoms with van der Waals surface area (Å²) >= 11 is 0. The van der Waals surface area contributed by atoms with E-state index in [1.54, 1.807) is 0 Å². The van der Waals surface area contributed by atoms with Gasteiger partial charge in [-0.15, -0.1) is 0 Å². The molecule has 1 rings (SSSR count). The average molecular weight is 279 g/mol. The second-order valence-electron chi connectivity index (χ2n) is 4.76. The van der Waals surface area contributed by atoms with Gasteiger partial charge < -0.3 is 14.7 Å². The van der Waals surface area contributed by atoms with Gasteiger partial charge in [0, 0.05) is 18.8 Å². The highest BCUT2D eigenvalue weighted by Gasteiger charge is 2.08. The maximum atomic E-state index is 10.8. The summed E-state index contributed by atoms with van der Waals surface area (Å²) in [5.74, 6) is 0.0967. The van der Waals surface area contributed by atoms with Crippen molar-refractivity contribution in [2.24, 2.45) is 0 Å². The summed E-state index contributed by atoms with van der Waals surface area (Å²) < 4.78 is 5.42. The second-order valence-corrected chi connectivity index (χ2v) is 4.76. The molecule has 1 aromatic rings. The van der Waals surface area contributed by atoms with E-state index >= 15 is 0 Å². The van der Waals surface area contributed by atoms with Gasteiger partial charge in [0.15, 0.2) is 0 Å². The molecule has 0 atom stereocenters. The number of ether oxygens (including phenoxy) is 1. The van der Waals surface area contributed by atoms with Crippen LogP contribution in [0.15, 0.2) is 24.3 Å². The van der Waals surface area contributed by atoms with Crippen LogP contribution in [0.5, 0.6) is 5.75 Å².